The molecule has 1 amide bonds. The minimum absolute atomic E-state index is 0.0185. The Morgan fingerprint density at radius 3 is 2.56 bits per heavy atom. The van der Waals surface area contributed by atoms with E-state index < -0.39 is 0 Å². The number of carbonyl (C=O) groups is 1. The number of amides is 1. The molecule has 0 radical (unpaired) electrons. The van der Waals surface area contributed by atoms with Gasteiger partial charge in [0.05, 0.1) is 0 Å². The lowest BCUT2D eigenvalue weighted by Gasteiger charge is -2.24. The Balaban J connectivity index is 2.13. The highest BCUT2D eigenvalue weighted by molar-refractivity contribution is 5.95. The summed E-state index contributed by atoms with van der Waals surface area (Å²) in [6.45, 7) is 2.52. The summed E-state index contributed by atoms with van der Waals surface area (Å²) >= 11 is 0. The molecule has 98 valence electrons. The summed E-state index contributed by atoms with van der Waals surface area (Å²) in [6.07, 6.45) is 2.53. The summed E-state index contributed by atoms with van der Waals surface area (Å²) in [5, 5.41) is 0. The number of nitrogens with zero attached hydrogens (tertiary/aromatic N) is 1. The first-order chi connectivity index (χ1) is 8.61. The van der Waals surface area contributed by atoms with Gasteiger partial charge < -0.3 is 10.6 Å². The van der Waals surface area contributed by atoms with Crippen molar-refractivity contribution in [2.24, 2.45) is 11.7 Å². The topological polar surface area (TPSA) is 46.3 Å². The maximum Gasteiger partial charge on any atom is 0.230 e. The first kappa shape index (κ1) is 13.0. The van der Waals surface area contributed by atoms with Gasteiger partial charge in [0, 0.05) is 24.2 Å². The molecular weight excluding hydrogens is 231 g/mol. The van der Waals surface area contributed by atoms with Crippen LogP contribution < -0.4 is 10.6 Å². The normalized spacial score (nSPS) is 23.1. The average molecular weight is 250 g/mol. The number of halogens is 1. The van der Waals surface area contributed by atoms with E-state index in [1.54, 1.807) is 17.0 Å². The average Bonchev–Trinajstić information content (AvgIpc) is 2.79. The molecule has 0 aliphatic heterocycles. The predicted octanol–water partition coefficient (Wildman–Crippen LogP) is 2.31. The Morgan fingerprint density at radius 1 is 1.39 bits per heavy atom. The second-order valence-corrected chi connectivity index (χ2v) is 4.83. The number of anilines is 1. The van der Waals surface area contributed by atoms with Crippen LogP contribution in [0.5, 0.6) is 0 Å². The zero-order chi connectivity index (χ0) is 13.1. The van der Waals surface area contributed by atoms with Gasteiger partial charge in [-0.15, -0.1) is 0 Å². The number of carbonyl (C=O) groups excluding carboxylic acids is 1. The third-order valence-electron chi connectivity index (χ3n) is 3.54. The number of benzene rings is 1. The molecule has 2 N–H and O–H groups in total. The van der Waals surface area contributed by atoms with Gasteiger partial charge >= 0.3 is 0 Å². The van der Waals surface area contributed by atoms with Crippen LogP contribution in [0.2, 0.25) is 0 Å². The van der Waals surface area contributed by atoms with Crippen molar-refractivity contribution in [2.45, 2.75) is 32.2 Å². The van der Waals surface area contributed by atoms with E-state index in [0.29, 0.717) is 6.54 Å². The van der Waals surface area contributed by atoms with Gasteiger partial charge in [-0.1, -0.05) is 0 Å². The van der Waals surface area contributed by atoms with Crippen molar-refractivity contribution in [3.63, 3.8) is 0 Å². The van der Waals surface area contributed by atoms with Crippen LogP contribution in [0.15, 0.2) is 24.3 Å². The van der Waals surface area contributed by atoms with E-state index in [1.165, 1.54) is 12.1 Å². The lowest BCUT2D eigenvalue weighted by atomic mass is 10.1. The lowest BCUT2D eigenvalue weighted by molar-refractivity contribution is -0.122. The molecule has 0 spiro atoms. The SMILES string of the molecule is CCN(C(=O)C1CCC(N)C1)c1ccc(F)cc1. The molecule has 1 aromatic rings. The molecular formula is C14H19FN2O. The molecule has 0 saturated heterocycles. The molecule has 2 rings (SSSR count). The zero-order valence-corrected chi connectivity index (χ0v) is 10.6. The fraction of sp³-hybridized carbons (Fsp3) is 0.500. The van der Waals surface area contributed by atoms with Gasteiger partial charge in [0.25, 0.3) is 0 Å². The maximum absolute atomic E-state index is 12.9. The first-order valence-corrected chi connectivity index (χ1v) is 6.44. The lowest BCUT2D eigenvalue weighted by Crippen LogP contribution is -2.35. The standard InChI is InChI=1S/C14H19FN2O/c1-2-17(13-7-4-11(15)5-8-13)14(18)10-3-6-12(16)9-10/h4-5,7-8,10,12H,2-3,6,9,16H2,1H3. The van der Waals surface area contributed by atoms with Gasteiger partial charge in [0.1, 0.15) is 5.82 Å². The Hall–Kier alpha value is -1.42. The van der Waals surface area contributed by atoms with E-state index >= 15 is 0 Å². The minimum Gasteiger partial charge on any atom is -0.328 e. The number of nitrogens with two attached hydrogens (primary N) is 1. The summed E-state index contributed by atoms with van der Waals surface area (Å²) in [7, 11) is 0. The molecule has 1 saturated carbocycles. The minimum atomic E-state index is -0.287. The van der Waals surface area contributed by atoms with Crippen molar-refractivity contribution in [1.29, 1.82) is 0 Å². The zero-order valence-electron chi connectivity index (χ0n) is 10.6. The third kappa shape index (κ3) is 2.70. The molecule has 1 aromatic carbocycles. The molecule has 3 nitrogen and oxygen atoms in total. The fourth-order valence-electron chi connectivity index (χ4n) is 2.55. The van der Waals surface area contributed by atoms with E-state index in [1.807, 2.05) is 6.92 Å². The highest BCUT2D eigenvalue weighted by Gasteiger charge is 2.31. The molecule has 1 fully saturated rings. The summed E-state index contributed by atoms with van der Waals surface area (Å²) in [6, 6.07) is 6.19. The molecule has 4 heteroatoms. The summed E-state index contributed by atoms with van der Waals surface area (Å²) in [4.78, 5) is 14.1. The van der Waals surface area contributed by atoms with Gasteiger partial charge in [-0.05, 0) is 50.5 Å². The Bertz CT molecular complexity index is 418. The second-order valence-electron chi connectivity index (χ2n) is 4.83. The van der Waals surface area contributed by atoms with Crippen LogP contribution in [0, 0.1) is 11.7 Å². The number of hydrogen-bond donors (Lipinski definition) is 1. The van der Waals surface area contributed by atoms with Crippen molar-refractivity contribution < 1.29 is 9.18 Å². The van der Waals surface area contributed by atoms with E-state index in [-0.39, 0.29) is 23.7 Å². The summed E-state index contributed by atoms with van der Waals surface area (Å²) in [5.41, 5.74) is 6.60. The van der Waals surface area contributed by atoms with Crippen molar-refractivity contribution in [1.82, 2.24) is 0 Å². The molecule has 1 aliphatic carbocycles. The molecule has 0 bridgehead atoms. The van der Waals surface area contributed by atoms with Crippen molar-refractivity contribution in [3.05, 3.63) is 30.1 Å². The van der Waals surface area contributed by atoms with Gasteiger partial charge in [0.2, 0.25) is 5.91 Å². The van der Waals surface area contributed by atoms with Crippen molar-refractivity contribution in [2.75, 3.05) is 11.4 Å². The van der Waals surface area contributed by atoms with Gasteiger partial charge in [-0.2, -0.15) is 0 Å². The highest BCUT2D eigenvalue weighted by atomic mass is 19.1. The molecule has 2 unspecified atom stereocenters. The number of rotatable bonds is 3. The quantitative estimate of drug-likeness (QED) is 0.894. The van der Waals surface area contributed by atoms with E-state index in [2.05, 4.69) is 0 Å². The molecule has 18 heavy (non-hydrogen) atoms. The van der Waals surface area contributed by atoms with Crippen molar-refractivity contribution >= 4 is 11.6 Å². The Morgan fingerprint density at radius 2 is 2.06 bits per heavy atom. The van der Waals surface area contributed by atoms with E-state index in [0.717, 1.165) is 24.9 Å². The summed E-state index contributed by atoms with van der Waals surface area (Å²) < 4.78 is 12.9. The highest BCUT2D eigenvalue weighted by Crippen LogP contribution is 2.28. The van der Waals surface area contributed by atoms with E-state index in [4.69, 9.17) is 5.73 Å². The van der Waals surface area contributed by atoms with Crippen LogP contribution >= 0.6 is 0 Å². The molecule has 1 aliphatic rings. The smallest absolute Gasteiger partial charge is 0.230 e. The fourth-order valence-corrected chi connectivity index (χ4v) is 2.55. The maximum atomic E-state index is 12.9. The second kappa shape index (κ2) is 5.48. The molecule has 0 heterocycles. The predicted molar refractivity (Wildman–Crippen MR) is 69.7 cm³/mol. The number of hydrogen-bond acceptors (Lipinski definition) is 2. The van der Waals surface area contributed by atoms with Crippen LogP contribution in [0.25, 0.3) is 0 Å². The molecule has 2 atom stereocenters. The Labute approximate surface area is 107 Å². The largest absolute Gasteiger partial charge is 0.328 e. The monoisotopic (exact) mass is 250 g/mol. The van der Waals surface area contributed by atoms with Gasteiger partial charge in [0.15, 0.2) is 0 Å². The van der Waals surface area contributed by atoms with Crippen LogP contribution in [0.1, 0.15) is 26.2 Å². The third-order valence-corrected chi connectivity index (χ3v) is 3.54. The Kier molecular flexibility index (Phi) is 3.97. The van der Waals surface area contributed by atoms with Crippen LogP contribution in [0.4, 0.5) is 10.1 Å². The molecule has 0 aromatic heterocycles. The van der Waals surface area contributed by atoms with Gasteiger partial charge in [-0.3, -0.25) is 4.79 Å². The van der Waals surface area contributed by atoms with Crippen LogP contribution in [-0.2, 0) is 4.79 Å². The van der Waals surface area contributed by atoms with E-state index in [9.17, 15) is 9.18 Å². The van der Waals surface area contributed by atoms with Crippen LogP contribution in [0.3, 0.4) is 0 Å². The summed E-state index contributed by atoms with van der Waals surface area (Å²) in [5.74, 6) is -0.160. The first-order valence-electron chi connectivity index (χ1n) is 6.44. The van der Waals surface area contributed by atoms with Gasteiger partial charge in [-0.25, -0.2) is 4.39 Å². The van der Waals surface area contributed by atoms with Crippen LogP contribution in [-0.4, -0.2) is 18.5 Å². The van der Waals surface area contributed by atoms with Crippen molar-refractivity contribution in [3.8, 4) is 0 Å².